The highest BCUT2D eigenvalue weighted by Crippen LogP contribution is 2.44. The van der Waals surface area contributed by atoms with Crippen molar-refractivity contribution in [3.8, 4) is 5.75 Å². The topological polar surface area (TPSA) is 119 Å². The fraction of sp³-hybridized carbons (Fsp3) is 0.208. The Bertz CT molecular complexity index is 1330. The number of carbonyl (C=O) groups excluding carboxylic acids is 3. The molecule has 4 rings (SSSR count). The van der Waals surface area contributed by atoms with Crippen LogP contribution >= 0.6 is 11.3 Å². The number of aryl methyl sites for hydroxylation is 2. The number of hydrogen-bond acceptors (Lipinski definition) is 9. The van der Waals surface area contributed by atoms with Crippen LogP contribution in [-0.4, -0.2) is 47.0 Å². The number of amides is 1. The van der Waals surface area contributed by atoms with Crippen molar-refractivity contribution in [2.75, 3.05) is 19.1 Å². The van der Waals surface area contributed by atoms with Crippen LogP contribution in [0.3, 0.4) is 0 Å². The first kappa shape index (κ1) is 23.1. The lowest BCUT2D eigenvalue weighted by atomic mass is 9.96. The molecule has 3 aromatic rings. The Labute approximate surface area is 199 Å². The first-order chi connectivity index (χ1) is 16.3. The number of Topliss-reactive ketones (excluding diaryl/α,β-unsaturated/α-hetero) is 1. The summed E-state index contributed by atoms with van der Waals surface area (Å²) < 4.78 is 10.1. The number of nitrogens with zero attached hydrogens (tertiary/aromatic N) is 3. The van der Waals surface area contributed by atoms with Crippen molar-refractivity contribution in [3.63, 3.8) is 0 Å². The number of rotatable bonds is 5. The molecule has 10 heteroatoms. The summed E-state index contributed by atoms with van der Waals surface area (Å²) in [6.45, 7) is 3.42. The number of esters is 1. The lowest BCUT2D eigenvalue weighted by Gasteiger charge is -2.22. The predicted octanol–water partition coefficient (Wildman–Crippen LogP) is 3.58. The molecule has 1 aliphatic heterocycles. The zero-order valence-corrected chi connectivity index (χ0v) is 19.7. The molecule has 0 aliphatic carbocycles. The summed E-state index contributed by atoms with van der Waals surface area (Å²) in [5, 5.41) is 11.3. The number of aliphatic hydroxyl groups is 1. The lowest BCUT2D eigenvalue weighted by Crippen LogP contribution is -2.29. The maximum Gasteiger partial charge on any atom is 0.350 e. The van der Waals surface area contributed by atoms with Gasteiger partial charge in [-0.1, -0.05) is 17.4 Å². The summed E-state index contributed by atoms with van der Waals surface area (Å²) in [6, 6.07) is 7.33. The largest absolute Gasteiger partial charge is 0.507 e. The van der Waals surface area contributed by atoms with Gasteiger partial charge in [0.15, 0.2) is 5.13 Å². The van der Waals surface area contributed by atoms with E-state index in [9.17, 15) is 19.5 Å². The standard InChI is InChI=1S/C24H21N3O6S/c1-12-10-14(7-8-16(12)32-3)19(28)17-18(15-6-5-9-25-11-15)27(22(30)20(17)29)24-26-13(2)21(34-24)23(31)33-4/h5-11,18,28H,1-4H3/b19-17+/t18-/m1/s1. The highest BCUT2D eigenvalue weighted by molar-refractivity contribution is 7.17. The second-order valence-electron chi connectivity index (χ2n) is 7.54. The van der Waals surface area contributed by atoms with Gasteiger partial charge in [-0.25, -0.2) is 9.78 Å². The first-order valence-corrected chi connectivity index (χ1v) is 11.0. The molecule has 1 atom stereocenters. The van der Waals surface area contributed by atoms with Gasteiger partial charge in [0.25, 0.3) is 5.78 Å². The molecule has 0 radical (unpaired) electrons. The third-order valence-corrected chi connectivity index (χ3v) is 6.61. The molecular weight excluding hydrogens is 458 g/mol. The molecular formula is C24H21N3O6S. The zero-order chi connectivity index (χ0) is 24.6. The van der Waals surface area contributed by atoms with E-state index in [0.717, 1.165) is 16.9 Å². The molecule has 0 unspecified atom stereocenters. The van der Waals surface area contributed by atoms with E-state index in [2.05, 4.69) is 9.97 Å². The third kappa shape index (κ3) is 3.81. The molecule has 174 valence electrons. The van der Waals surface area contributed by atoms with E-state index in [4.69, 9.17) is 9.47 Å². The van der Waals surface area contributed by atoms with Crippen molar-refractivity contribution in [1.29, 1.82) is 0 Å². The van der Waals surface area contributed by atoms with Crippen LogP contribution in [0.15, 0.2) is 48.3 Å². The van der Waals surface area contributed by atoms with Gasteiger partial charge >= 0.3 is 11.9 Å². The van der Waals surface area contributed by atoms with E-state index < -0.39 is 23.7 Å². The fourth-order valence-corrected chi connectivity index (χ4v) is 4.84. The van der Waals surface area contributed by atoms with E-state index >= 15 is 0 Å². The molecule has 0 bridgehead atoms. The van der Waals surface area contributed by atoms with E-state index in [1.165, 1.54) is 25.3 Å². The lowest BCUT2D eigenvalue weighted by molar-refractivity contribution is -0.132. The number of carbonyl (C=O) groups is 3. The van der Waals surface area contributed by atoms with E-state index in [-0.39, 0.29) is 21.3 Å². The second-order valence-corrected chi connectivity index (χ2v) is 8.52. The van der Waals surface area contributed by atoms with Crippen LogP contribution in [-0.2, 0) is 14.3 Å². The Morgan fingerprint density at radius 2 is 1.94 bits per heavy atom. The summed E-state index contributed by atoms with van der Waals surface area (Å²) in [5.74, 6) is -2.04. The van der Waals surface area contributed by atoms with Crippen molar-refractivity contribution in [2.45, 2.75) is 19.9 Å². The van der Waals surface area contributed by atoms with Crippen molar-refractivity contribution in [1.82, 2.24) is 9.97 Å². The number of methoxy groups -OCH3 is 2. The summed E-state index contributed by atoms with van der Waals surface area (Å²) in [6.07, 6.45) is 3.07. The van der Waals surface area contributed by atoms with Gasteiger partial charge in [0, 0.05) is 18.0 Å². The van der Waals surface area contributed by atoms with Gasteiger partial charge in [-0.05, 0) is 49.2 Å². The maximum absolute atomic E-state index is 13.2. The van der Waals surface area contributed by atoms with Gasteiger partial charge in [0.05, 0.1) is 31.5 Å². The molecule has 1 amide bonds. The van der Waals surface area contributed by atoms with Gasteiger partial charge in [0.2, 0.25) is 0 Å². The van der Waals surface area contributed by atoms with Crippen molar-refractivity contribution >= 4 is 39.9 Å². The number of hydrogen-bond donors (Lipinski definition) is 1. The number of anilines is 1. The molecule has 9 nitrogen and oxygen atoms in total. The Kier molecular flexibility index (Phi) is 6.16. The number of pyridine rings is 1. The molecule has 1 N–H and O–H groups in total. The highest BCUT2D eigenvalue weighted by atomic mass is 32.1. The van der Waals surface area contributed by atoms with Crippen molar-refractivity contribution < 1.29 is 29.0 Å². The molecule has 0 saturated carbocycles. The summed E-state index contributed by atoms with van der Waals surface area (Å²) >= 11 is 0.937. The normalized spacial score (nSPS) is 17.2. The van der Waals surface area contributed by atoms with E-state index in [1.807, 2.05) is 0 Å². The fourth-order valence-electron chi connectivity index (χ4n) is 3.83. The number of aromatic nitrogens is 2. The van der Waals surface area contributed by atoms with Crippen LogP contribution in [0.1, 0.15) is 38.1 Å². The Morgan fingerprint density at radius 3 is 2.56 bits per heavy atom. The number of benzene rings is 1. The van der Waals surface area contributed by atoms with Crippen LogP contribution < -0.4 is 9.64 Å². The summed E-state index contributed by atoms with van der Waals surface area (Å²) in [5.41, 5.74) is 1.87. The van der Waals surface area contributed by atoms with Crippen molar-refractivity contribution in [3.05, 3.63) is 75.6 Å². The van der Waals surface area contributed by atoms with Gasteiger partial charge in [-0.3, -0.25) is 19.5 Å². The number of ketones is 1. The SMILES string of the molecule is COC(=O)c1sc(N2C(=O)C(=O)/C(=C(/O)c3ccc(OC)c(C)c3)[C@H]2c2cccnc2)nc1C. The zero-order valence-electron chi connectivity index (χ0n) is 18.9. The van der Waals surface area contributed by atoms with Crippen LogP contribution in [0.2, 0.25) is 0 Å². The molecule has 1 aliphatic rings. The molecule has 34 heavy (non-hydrogen) atoms. The number of aliphatic hydroxyl groups excluding tert-OH is 1. The van der Waals surface area contributed by atoms with Crippen LogP contribution in [0.4, 0.5) is 5.13 Å². The molecule has 3 heterocycles. The minimum atomic E-state index is -0.993. The average Bonchev–Trinajstić information content (AvgIpc) is 3.35. The Balaban J connectivity index is 1.92. The maximum atomic E-state index is 13.2. The minimum absolute atomic E-state index is 0.102. The van der Waals surface area contributed by atoms with Crippen LogP contribution in [0, 0.1) is 13.8 Å². The number of thiazole rings is 1. The minimum Gasteiger partial charge on any atom is -0.507 e. The molecule has 2 aromatic heterocycles. The van der Waals surface area contributed by atoms with Gasteiger partial charge in [-0.2, -0.15) is 0 Å². The van der Waals surface area contributed by atoms with Gasteiger partial charge in [-0.15, -0.1) is 0 Å². The van der Waals surface area contributed by atoms with Crippen molar-refractivity contribution in [2.24, 2.45) is 0 Å². The van der Waals surface area contributed by atoms with Gasteiger partial charge < -0.3 is 14.6 Å². The number of ether oxygens (including phenoxy) is 2. The monoisotopic (exact) mass is 479 g/mol. The van der Waals surface area contributed by atoms with Gasteiger partial charge in [0.1, 0.15) is 16.4 Å². The third-order valence-electron chi connectivity index (χ3n) is 5.48. The van der Waals surface area contributed by atoms with E-state index in [1.54, 1.807) is 50.4 Å². The highest BCUT2D eigenvalue weighted by Gasteiger charge is 2.48. The quantitative estimate of drug-likeness (QED) is 0.255. The van der Waals surface area contributed by atoms with Crippen LogP contribution in [0.5, 0.6) is 5.75 Å². The second kappa shape index (κ2) is 9.06. The average molecular weight is 480 g/mol. The molecule has 0 spiro atoms. The predicted molar refractivity (Wildman–Crippen MR) is 125 cm³/mol. The summed E-state index contributed by atoms with van der Waals surface area (Å²) in [7, 11) is 2.79. The molecule has 1 aromatic carbocycles. The molecule has 1 fully saturated rings. The Morgan fingerprint density at radius 1 is 1.18 bits per heavy atom. The van der Waals surface area contributed by atoms with E-state index in [0.29, 0.717) is 22.6 Å². The first-order valence-electron chi connectivity index (χ1n) is 10.2. The Hall–Kier alpha value is -4.05. The molecule has 1 saturated heterocycles. The van der Waals surface area contributed by atoms with Crippen LogP contribution in [0.25, 0.3) is 5.76 Å². The summed E-state index contributed by atoms with van der Waals surface area (Å²) in [4.78, 5) is 48.4. The smallest absolute Gasteiger partial charge is 0.350 e.